The van der Waals surface area contributed by atoms with E-state index in [2.05, 4.69) is 10.3 Å². The largest absolute Gasteiger partial charge is 0.493 e. The van der Waals surface area contributed by atoms with E-state index in [0.717, 1.165) is 11.3 Å². The topological polar surface area (TPSA) is 154 Å². The SMILES string of the molecule is Cc1oc(-c2ccc(C(=O)Nc3ccccc3)cc2)nc1CCOc1ccc(CCC(=O)O)c(C(N)C(=O)OC(C)C)c1. The third kappa shape index (κ3) is 8.52. The smallest absolute Gasteiger partial charge is 0.327 e. The van der Waals surface area contributed by atoms with Crippen LogP contribution in [0.3, 0.4) is 0 Å². The fourth-order valence-corrected chi connectivity index (χ4v) is 4.39. The maximum absolute atomic E-state index is 12.5. The molecular weight excluding hydrogens is 550 g/mol. The van der Waals surface area contributed by atoms with Crippen LogP contribution in [-0.4, -0.2) is 40.6 Å². The molecule has 10 heteroatoms. The van der Waals surface area contributed by atoms with Gasteiger partial charge in [0.15, 0.2) is 0 Å². The Balaban J connectivity index is 1.40. The molecule has 1 heterocycles. The molecule has 1 unspecified atom stereocenters. The second-order valence-electron chi connectivity index (χ2n) is 10.2. The van der Waals surface area contributed by atoms with Crippen LogP contribution in [-0.2, 0) is 27.2 Å². The number of benzene rings is 3. The number of nitrogens with one attached hydrogen (secondary N) is 1. The highest BCUT2D eigenvalue weighted by Gasteiger charge is 2.23. The van der Waals surface area contributed by atoms with Crippen molar-refractivity contribution in [3.63, 3.8) is 0 Å². The van der Waals surface area contributed by atoms with Gasteiger partial charge in [-0.3, -0.25) is 9.59 Å². The van der Waals surface area contributed by atoms with Gasteiger partial charge in [0.1, 0.15) is 17.6 Å². The first-order chi connectivity index (χ1) is 20.6. The summed E-state index contributed by atoms with van der Waals surface area (Å²) in [5.41, 5.74) is 9.98. The Bertz CT molecular complexity index is 1560. The number of carbonyl (C=O) groups is 3. The number of anilines is 1. The third-order valence-corrected chi connectivity index (χ3v) is 6.59. The van der Waals surface area contributed by atoms with Crippen LogP contribution in [0.4, 0.5) is 5.69 Å². The fourth-order valence-electron chi connectivity index (χ4n) is 4.39. The molecule has 0 spiro atoms. The molecule has 0 aliphatic carbocycles. The van der Waals surface area contributed by atoms with Gasteiger partial charge in [-0.1, -0.05) is 24.3 Å². The molecule has 0 radical (unpaired) electrons. The molecule has 224 valence electrons. The number of ether oxygens (including phenoxy) is 2. The Kier molecular flexibility index (Phi) is 10.3. The number of hydrogen-bond donors (Lipinski definition) is 3. The number of aliphatic carboxylic acids is 1. The second-order valence-corrected chi connectivity index (χ2v) is 10.2. The van der Waals surface area contributed by atoms with E-state index in [1.807, 2.05) is 37.3 Å². The molecule has 0 bridgehead atoms. The molecule has 1 atom stereocenters. The van der Waals surface area contributed by atoms with Crippen LogP contribution in [0.5, 0.6) is 5.75 Å². The maximum atomic E-state index is 12.5. The van der Waals surface area contributed by atoms with Gasteiger partial charge in [-0.15, -0.1) is 0 Å². The summed E-state index contributed by atoms with van der Waals surface area (Å²) in [6.45, 7) is 5.55. The quantitative estimate of drug-likeness (QED) is 0.173. The average molecular weight is 586 g/mol. The van der Waals surface area contributed by atoms with E-state index in [9.17, 15) is 14.4 Å². The molecule has 3 aromatic carbocycles. The summed E-state index contributed by atoms with van der Waals surface area (Å²) >= 11 is 0. The molecule has 0 saturated carbocycles. The number of aryl methyl sites for hydroxylation is 2. The molecule has 4 rings (SSSR count). The van der Waals surface area contributed by atoms with Crippen molar-refractivity contribution in [3.8, 4) is 17.2 Å². The minimum Gasteiger partial charge on any atom is -0.493 e. The number of aromatic nitrogens is 1. The molecule has 4 N–H and O–H groups in total. The zero-order valence-corrected chi connectivity index (χ0v) is 24.3. The van der Waals surface area contributed by atoms with Crippen LogP contribution >= 0.6 is 0 Å². The zero-order valence-electron chi connectivity index (χ0n) is 24.3. The lowest BCUT2D eigenvalue weighted by Gasteiger charge is -2.18. The molecule has 1 amide bonds. The van der Waals surface area contributed by atoms with Gasteiger partial charge in [0.25, 0.3) is 5.91 Å². The lowest BCUT2D eigenvalue weighted by molar-refractivity contribution is -0.149. The number of rotatable bonds is 13. The second kappa shape index (κ2) is 14.3. The van der Waals surface area contributed by atoms with Gasteiger partial charge in [-0.25, -0.2) is 9.78 Å². The van der Waals surface area contributed by atoms with E-state index < -0.39 is 18.0 Å². The average Bonchev–Trinajstić information content (AvgIpc) is 3.36. The normalized spacial score (nSPS) is 11.7. The predicted octanol–water partition coefficient (Wildman–Crippen LogP) is 5.49. The minimum absolute atomic E-state index is 0.101. The Hall–Kier alpha value is -4.96. The Morgan fingerprint density at radius 3 is 2.40 bits per heavy atom. The van der Waals surface area contributed by atoms with Crippen LogP contribution in [0.15, 0.2) is 77.2 Å². The summed E-state index contributed by atoms with van der Waals surface area (Å²) in [5.74, 6) is -0.201. The number of nitrogens with two attached hydrogens (primary N) is 1. The van der Waals surface area contributed by atoms with Crippen molar-refractivity contribution in [1.82, 2.24) is 4.98 Å². The first kappa shape index (κ1) is 31.0. The van der Waals surface area contributed by atoms with E-state index in [4.69, 9.17) is 24.7 Å². The molecule has 0 saturated heterocycles. The Morgan fingerprint density at radius 2 is 1.72 bits per heavy atom. The standard InChI is InChI=1S/C33H35N3O7/c1-20(2)42-33(40)30(34)27-19-26(15-13-22(27)14-16-29(37)38)41-18-17-28-21(3)43-32(36-28)24-11-9-23(10-12-24)31(39)35-25-7-5-4-6-8-25/h4-13,15,19-20,30H,14,16-18,34H2,1-3H3,(H,35,39)(H,37,38). The minimum atomic E-state index is -1.08. The molecule has 0 fully saturated rings. The summed E-state index contributed by atoms with van der Waals surface area (Å²) in [6, 6.07) is 20.3. The number of nitrogens with zero attached hydrogens (tertiary/aromatic N) is 1. The Labute approximate surface area is 249 Å². The van der Waals surface area contributed by atoms with Gasteiger partial charge in [0.2, 0.25) is 5.89 Å². The molecule has 0 aliphatic rings. The Morgan fingerprint density at radius 1 is 1.00 bits per heavy atom. The molecule has 43 heavy (non-hydrogen) atoms. The summed E-state index contributed by atoms with van der Waals surface area (Å²) in [5, 5.41) is 12.0. The van der Waals surface area contributed by atoms with Crippen LogP contribution in [0, 0.1) is 6.92 Å². The number of para-hydroxylation sites is 1. The number of amides is 1. The van der Waals surface area contributed by atoms with Gasteiger partial charge < -0.3 is 30.0 Å². The highest BCUT2D eigenvalue weighted by molar-refractivity contribution is 6.04. The van der Waals surface area contributed by atoms with E-state index >= 15 is 0 Å². The van der Waals surface area contributed by atoms with Crippen molar-refractivity contribution in [3.05, 3.63) is 101 Å². The predicted molar refractivity (Wildman–Crippen MR) is 161 cm³/mol. The number of carboxylic acid groups (broad SMARTS) is 1. The number of carboxylic acids is 1. The van der Waals surface area contributed by atoms with Gasteiger partial charge >= 0.3 is 11.9 Å². The van der Waals surface area contributed by atoms with Gasteiger partial charge in [0.05, 0.1) is 18.4 Å². The van der Waals surface area contributed by atoms with Crippen LogP contribution in [0.1, 0.15) is 59.2 Å². The maximum Gasteiger partial charge on any atom is 0.327 e. The van der Waals surface area contributed by atoms with Crippen molar-refractivity contribution in [1.29, 1.82) is 0 Å². The first-order valence-corrected chi connectivity index (χ1v) is 14.0. The zero-order chi connectivity index (χ0) is 30.9. The van der Waals surface area contributed by atoms with E-state index in [0.29, 0.717) is 46.2 Å². The van der Waals surface area contributed by atoms with Crippen molar-refractivity contribution < 1.29 is 33.4 Å². The molecule has 1 aromatic heterocycles. The van der Waals surface area contributed by atoms with E-state index in [1.54, 1.807) is 56.3 Å². The number of carbonyl (C=O) groups excluding carboxylic acids is 2. The fraction of sp³-hybridized carbons (Fsp3) is 0.273. The lowest BCUT2D eigenvalue weighted by atomic mass is 9.97. The summed E-state index contributed by atoms with van der Waals surface area (Å²) in [4.78, 5) is 40.8. The highest BCUT2D eigenvalue weighted by Crippen LogP contribution is 2.26. The van der Waals surface area contributed by atoms with Crippen LogP contribution in [0.25, 0.3) is 11.5 Å². The van der Waals surface area contributed by atoms with Crippen molar-refractivity contribution in [2.75, 3.05) is 11.9 Å². The van der Waals surface area contributed by atoms with Crippen molar-refractivity contribution >= 4 is 23.5 Å². The van der Waals surface area contributed by atoms with E-state index in [-0.39, 0.29) is 31.5 Å². The number of esters is 1. The van der Waals surface area contributed by atoms with Crippen molar-refractivity contribution in [2.24, 2.45) is 5.73 Å². The molecule has 10 nitrogen and oxygen atoms in total. The van der Waals surface area contributed by atoms with Gasteiger partial charge in [-0.2, -0.15) is 0 Å². The monoisotopic (exact) mass is 585 g/mol. The van der Waals surface area contributed by atoms with E-state index in [1.165, 1.54) is 0 Å². The highest BCUT2D eigenvalue weighted by atomic mass is 16.5. The molecule has 4 aromatic rings. The summed E-state index contributed by atoms with van der Waals surface area (Å²) < 4.78 is 17.1. The first-order valence-electron chi connectivity index (χ1n) is 14.0. The van der Waals surface area contributed by atoms with Crippen LogP contribution in [0.2, 0.25) is 0 Å². The van der Waals surface area contributed by atoms with Crippen LogP contribution < -0.4 is 15.8 Å². The number of hydrogen-bond acceptors (Lipinski definition) is 8. The van der Waals surface area contributed by atoms with Crippen molar-refractivity contribution in [2.45, 2.75) is 52.2 Å². The van der Waals surface area contributed by atoms with Gasteiger partial charge in [-0.05, 0) is 86.8 Å². The lowest BCUT2D eigenvalue weighted by Crippen LogP contribution is -2.27. The molecule has 0 aliphatic heterocycles. The molecular formula is C33H35N3O7. The summed E-state index contributed by atoms with van der Waals surface area (Å²) in [6.07, 6.45) is 0.224. The number of oxazole rings is 1. The summed E-state index contributed by atoms with van der Waals surface area (Å²) in [7, 11) is 0. The van der Waals surface area contributed by atoms with Gasteiger partial charge in [0, 0.05) is 29.7 Å². The third-order valence-electron chi connectivity index (χ3n) is 6.59.